The third-order valence-electron chi connectivity index (χ3n) is 2.72. The lowest BCUT2D eigenvalue weighted by Gasteiger charge is -2.06. The molecule has 0 aliphatic rings. The molecule has 1 aromatic rings. The van der Waals surface area contributed by atoms with Crippen LogP contribution >= 0.6 is 15.9 Å². The van der Waals surface area contributed by atoms with Crippen LogP contribution < -0.4 is 5.32 Å². The minimum absolute atomic E-state index is 0.0852. The van der Waals surface area contributed by atoms with Crippen molar-refractivity contribution in [1.29, 1.82) is 0 Å². The van der Waals surface area contributed by atoms with Gasteiger partial charge in [0.1, 0.15) is 0 Å². The Morgan fingerprint density at radius 1 is 1.11 bits per heavy atom. The smallest absolute Gasteiger partial charge is 0.303 e. The molecule has 0 saturated heterocycles. The first-order chi connectivity index (χ1) is 9.11. The Balaban J connectivity index is 2.15. The van der Waals surface area contributed by atoms with E-state index in [1.54, 1.807) is 6.07 Å². The van der Waals surface area contributed by atoms with Gasteiger partial charge in [0.2, 0.25) is 0 Å². The van der Waals surface area contributed by atoms with E-state index in [-0.39, 0.29) is 12.3 Å². The fourth-order valence-corrected chi connectivity index (χ4v) is 2.16. The molecule has 0 saturated carbocycles. The maximum atomic E-state index is 11.8. The van der Waals surface area contributed by atoms with Crippen molar-refractivity contribution in [3.8, 4) is 0 Å². The van der Waals surface area contributed by atoms with Crippen LogP contribution in [-0.4, -0.2) is 23.5 Å². The lowest BCUT2D eigenvalue weighted by Crippen LogP contribution is -2.24. The summed E-state index contributed by atoms with van der Waals surface area (Å²) in [6.45, 7) is 0.618. The van der Waals surface area contributed by atoms with Gasteiger partial charge in [-0.3, -0.25) is 9.59 Å². The zero-order chi connectivity index (χ0) is 14.1. The molecule has 0 spiro atoms. The van der Waals surface area contributed by atoms with Gasteiger partial charge in [0, 0.05) is 17.4 Å². The molecule has 1 aromatic carbocycles. The van der Waals surface area contributed by atoms with Crippen LogP contribution in [0.15, 0.2) is 28.7 Å². The number of carboxylic acids is 1. The molecule has 0 aliphatic heterocycles. The fourth-order valence-electron chi connectivity index (χ4n) is 1.70. The van der Waals surface area contributed by atoms with Crippen LogP contribution in [0.5, 0.6) is 0 Å². The highest BCUT2D eigenvalue weighted by Crippen LogP contribution is 2.15. The quantitative estimate of drug-likeness (QED) is 0.720. The van der Waals surface area contributed by atoms with Crippen LogP contribution in [-0.2, 0) is 4.79 Å². The summed E-state index contributed by atoms with van der Waals surface area (Å²) >= 11 is 3.34. The molecule has 4 nitrogen and oxygen atoms in total. The predicted octanol–water partition coefficient (Wildman–Crippen LogP) is 3.21. The standard InChI is InChI=1S/C14H18BrNO3/c15-12-8-5-4-7-11(12)14(19)16-10-6-2-1-3-9-13(17)18/h4-5,7-8H,1-3,6,9-10H2,(H,16,19)(H,17,18). The Labute approximate surface area is 121 Å². The van der Waals surface area contributed by atoms with Crippen LogP contribution in [0.4, 0.5) is 0 Å². The number of amides is 1. The van der Waals surface area contributed by atoms with Gasteiger partial charge in [0.25, 0.3) is 5.91 Å². The first-order valence-electron chi connectivity index (χ1n) is 6.36. The van der Waals surface area contributed by atoms with E-state index in [1.807, 2.05) is 18.2 Å². The van der Waals surface area contributed by atoms with E-state index in [0.29, 0.717) is 18.5 Å². The molecular weight excluding hydrogens is 310 g/mol. The summed E-state index contributed by atoms with van der Waals surface area (Å²) in [5.41, 5.74) is 0.633. The molecular formula is C14H18BrNO3. The van der Waals surface area contributed by atoms with Gasteiger partial charge in [-0.25, -0.2) is 0 Å². The van der Waals surface area contributed by atoms with E-state index < -0.39 is 5.97 Å². The Hall–Kier alpha value is -1.36. The fraction of sp³-hybridized carbons (Fsp3) is 0.429. The van der Waals surface area contributed by atoms with Crippen molar-refractivity contribution in [2.24, 2.45) is 0 Å². The largest absolute Gasteiger partial charge is 0.481 e. The third-order valence-corrected chi connectivity index (χ3v) is 3.41. The second kappa shape index (κ2) is 8.69. The van der Waals surface area contributed by atoms with Gasteiger partial charge in [-0.05, 0) is 40.9 Å². The maximum Gasteiger partial charge on any atom is 0.303 e. The lowest BCUT2D eigenvalue weighted by molar-refractivity contribution is -0.137. The number of hydrogen-bond acceptors (Lipinski definition) is 2. The predicted molar refractivity (Wildman–Crippen MR) is 77.2 cm³/mol. The molecule has 0 fully saturated rings. The van der Waals surface area contributed by atoms with Crippen LogP contribution in [0.3, 0.4) is 0 Å². The van der Waals surface area contributed by atoms with Crippen molar-refractivity contribution in [3.63, 3.8) is 0 Å². The molecule has 19 heavy (non-hydrogen) atoms. The average molecular weight is 328 g/mol. The number of unbranched alkanes of at least 4 members (excludes halogenated alkanes) is 3. The van der Waals surface area contributed by atoms with Crippen LogP contribution in [0.1, 0.15) is 42.5 Å². The van der Waals surface area contributed by atoms with Gasteiger partial charge >= 0.3 is 5.97 Å². The number of halogens is 1. The number of hydrogen-bond donors (Lipinski definition) is 2. The zero-order valence-electron chi connectivity index (χ0n) is 10.7. The molecule has 0 heterocycles. The number of rotatable bonds is 8. The second-order valence-corrected chi connectivity index (χ2v) is 5.15. The Morgan fingerprint density at radius 2 is 1.79 bits per heavy atom. The summed E-state index contributed by atoms with van der Waals surface area (Å²) in [5, 5.41) is 11.3. The van der Waals surface area contributed by atoms with Crippen molar-refractivity contribution in [2.75, 3.05) is 6.54 Å². The van der Waals surface area contributed by atoms with E-state index in [4.69, 9.17) is 5.11 Å². The average Bonchev–Trinajstić information content (AvgIpc) is 2.37. The Bertz CT molecular complexity index is 434. The highest BCUT2D eigenvalue weighted by molar-refractivity contribution is 9.10. The number of aliphatic carboxylic acids is 1. The summed E-state index contributed by atoms with van der Waals surface area (Å²) in [6.07, 6.45) is 3.62. The third kappa shape index (κ3) is 6.38. The maximum absolute atomic E-state index is 11.8. The monoisotopic (exact) mass is 327 g/mol. The summed E-state index contributed by atoms with van der Waals surface area (Å²) < 4.78 is 0.786. The van der Waals surface area contributed by atoms with E-state index in [9.17, 15) is 9.59 Å². The van der Waals surface area contributed by atoms with Gasteiger partial charge in [0.15, 0.2) is 0 Å². The zero-order valence-corrected chi connectivity index (χ0v) is 12.3. The minimum Gasteiger partial charge on any atom is -0.481 e. The van der Waals surface area contributed by atoms with E-state index in [2.05, 4.69) is 21.2 Å². The summed E-state index contributed by atoms with van der Waals surface area (Å²) in [7, 11) is 0. The SMILES string of the molecule is O=C(O)CCCCCCNC(=O)c1ccccc1Br. The molecule has 104 valence electrons. The molecule has 5 heteroatoms. The molecule has 1 amide bonds. The summed E-state index contributed by atoms with van der Waals surface area (Å²) in [6, 6.07) is 7.29. The van der Waals surface area contributed by atoms with E-state index in [0.717, 1.165) is 23.7 Å². The van der Waals surface area contributed by atoms with Crippen molar-refractivity contribution in [2.45, 2.75) is 32.1 Å². The Morgan fingerprint density at radius 3 is 2.47 bits per heavy atom. The number of carbonyl (C=O) groups is 2. The lowest BCUT2D eigenvalue weighted by atomic mass is 10.1. The van der Waals surface area contributed by atoms with Crippen LogP contribution in [0.25, 0.3) is 0 Å². The van der Waals surface area contributed by atoms with Crippen LogP contribution in [0.2, 0.25) is 0 Å². The van der Waals surface area contributed by atoms with Gasteiger partial charge in [-0.15, -0.1) is 0 Å². The molecule has 0 aromatic heterocycles. The Kier molecular flexibility index (Phi) is 7.18. The number of nitrogens with one attached hydrogen (secondary N) is 1. The normalized spacial score (nSPS) is 10.2. The van der Waals surface area contributed by atoms with Gasteiger partial charge in [-0.1, -0.05) is 25.0 Å². The minimum atomic E-state index is -0.748. The highest BCUT2D eigenvalue weighted by Gasteiger charge is 2.07. The van der Waals surface area contributed by atoms with Gasteiger partial charge in [0.05, 0.1) is 5.56 Å². The summed E-state index contributed by atoms with van der Waals surface area (Å²) in [5.74, 6) is -0.833. The molecule has 1 rings (SSSR count). The van der Waals surface area contributed by atoms with Gasteiger partial charge < -0.3 is 10.4 Å². The second-order valence-electron chi connectivity index (χ2n) is 4.29. The first-order valence-corrected chi connectivity index (χ1v) is 7.15. The van der Waals surface area contributed by atoms with Crippen molar-refractivity contribution in [1.82, 2.24) is 5.32 Å². The topological polar surface area (TPSA) is 66.4 Å². The van der Waals surface area contributed by atoms with Crippen molar-refractivity contribution in [3.05, 3.63) is 34.3 Å². The van der Waals surface area contributed by atoms with E-state index in [1.165, 1.54) is 0 Å². The molecule has 0 aliphatic carbocycles. The molecule has 2 N–H and O–H groups in total. The number of benzene rings is 1. The molecule has 0 atom stereocenters. The first kappa shape index (κ1) is 15.7. The van der Waals surface area contributed by atoms with Crippen molar-refractivity contribution < 1.29 is 14.7 Å². The number of carbonyl (C=O) groups excluding carboxylic acids is 1. The molecule has 0 unspecified atom stereocenters. The van der Waals surface area contributed by atoms with E-state index >= 15 is 0 Å². The molecule has 0 radical (unpaired) electrons. The highest BCUT2D eigenvalue weighted by atomic mass is 79.9. The van der Waals surface area contributed by atoms with Crippen LogP contribution in [0, 0.1) is 0 Å². The summed E-state index contributed by atoms with van der Waals surface area (Å²) in [4.78, 5) is 22.1. The molecule has 0 bridgehead atoms. The van der Waals surface area contributed by atoms with Gasteiger partial charge in [-0.2, -0.15) is 0 Å². The van der Waals surface area contributed by atoms with Crippen molar-refractivity contribution >= 4 is 27.8 Å². The number of carboxylic acid groups (broad SMARTS) is 1.